The van der Waals surface area contributed by atoms with Crippen molar-refractivity contribution in [2.75, 3.05) is 0 Å². The predicted octanol–water partition coefficient (Wildman–Crippen LogP) is 1.96. The zero-order chi connectivity index (χ0) is 11.2. The molecule has 0 spiro atoms. The van der Waals surface area contributed by atoms with E-state index in [4.69, 9.17) is 4.74 Å². The van der Waals surface area contributed by atoms with Crippen LogP contribution in [0.1, 0.15) is 58.8 Å². The zero-order valence-electron chi connectivity index (χ0n) is 9.75. The van der Waals surface area contributed by atoms with Gasteiger partial charge in [0, 0.05) is 19.3 Å². The summed E-state index contributed by atoms with van der Waals surface area (Å²) in [4.78, 5) is 0. The molecule has 2 heterocycles. The molecular formula is C12H22O3. The quantitative estimate of drug-likeness (QED) is 0.701. The van der Waals surface area contributed by atoms with E-state index in [9.17, 15) is 10.2 Å². The smallest absolute Gasteiger partial charge is 0.168 e. The molecule has 2 N–H and O–H groups in total. The van der Waals surface area contributed by atoms with E-state index >= 15 is 0 Å². The molecule has 0 aromatic rings. The van der Waals surface area contributed by atoms with Crippen LogP contribution in [0.3, 0.4) is 0 Å². The van der Waals surface area contributed by atoms with Crippen LogP contribution in [0, 0.1) is 0 Å². The lowest BCUT2D eigenvalue weighted by molar-refractivity contribution is -0.320. The number of ether oxygens (including phenoxy) is 1. The van der Waals surface area contributed by atoms with E-state index in [0.29, 0.717) is 25.7 Å². The first-order valence-corrected chi connectivity index (χ1v) is 6.04. The summed E-state index contributed by atoms with van der Waals surface area (Å²) in [5.74, 6) is -1.09. The summed E-state index contributed by atoms with van der Waals surface area (Å²) in [6, 6.07) is 0. The van der Waals surface area contributed by atoms with Crippen LogP contribution in [0.25, 0.3) is 0 Å². The normalized spacial score (nSPS) is 51.2. The van der Waals surface area contributed by atoms with Gasteiger partial charge in [-0.2, -0.15) is 0 Å². The summed E-state index contributed by atoms with van der Waals surface area (Å²) < 4.78 is 5.82. The van der Waals surface area contributed by atoms with E-state index in [1.807, 2.05) is 13.8 Å². The number of aliphatic hydroxyl groups is 2. The first-order chi connectivity index (χ1) is 6.89. The van der Waals surface area contributed by atoms with Gasteiger partial charge >= 0.3 is 0 Å². The van der Waals surface area contributed by atoms with Gasteiger partial charge in [-0.15, -0.1) is 0 Å². The summed E-state index contributed by atoms with van der Waals surface area (Å²) in [6.45, 7) is 3.99. The topological polar surface area (TPSA) is 49.7 Å². The van der Waals surface area contributed by atoms with Gasteiger partial charge in [-0.05, 0) is 26.2 Å². The largest absolute Gasteiger partial charge is 0.390 e. The van der Waals surface area contributed by atoms with Crippen molar-refractivity contribution in [3.05, 3.63) is 0 Å². The third kappa shape index (κ3) is 2.19. The van der Waals surface area contributed by atoms with E-state index < -0.39 is 11.4 Å². The lowest BCUT2D eigenvalue weighted by Gasteiger charge is -2.49. The summed E-state index contributed by atoms with van der Waals surface area (Å²) in [5, 5.41) is 20.7. The number of hydrogen-bond donors (Lipinski definition) is 2. The molecule has 0 amide bonds. The Morgan fingerprint density at radius 3 is 2.47 bits per heavy atom. The van der Waals surface area contributed by atoms with Crippen molar-refractivity contribution < 1.29 is 14.9 Å². The minimum Gasteiger partial charge on any atom is -0.390 e. The van der Waals surface area contributed by atoms with Crippen LogP contribution in [-0.2, 0) is 4.74 Å². The third-order valence-corrected chi connectivity index (χ3v) is 3.93. The highest BCUT2D eigenvalue weighted by atomic mass is 16.6. The second-order valence-corrected chi connectivity index (χ2v) is 5.64. The Balaban J connectivity index is 2.27. The Hall–Kier alpha value is -0.120. The van der Waals surface area contributed by atoms with Crippen LogP contribution in [-0.4, -0.2) is 27.2 Å². The van der Waals surface area contributed by atoms with Crippen LogP contribution in [0.15, 0.2) is 0 Å². The number of hydrogen-bond acceptors (Lipinski definition) is 3. The Kier molecular flexibility index (Phi) is 2.61. The molecule has 2 aliphatic heterocycles. The molecule has 15 heavy (non-hydrogen) atoms. The molecule has 0 aromatic heterocycles. The standard InChI is InChI=1S/C12H22O3/c1-3-11(13)8-10(2)6-4-5-7-12(14,9-11)15-10/h13-14H,3-9H2,1-2H3/t10-,11-,12+/m0/s1. The molecule has 2 aliphatic rings. The van der Waals surface area contributed by atoms with Gasteiger partial charge in [-0.25, -0.2) is 0 Å². The van der Waals surface area contributed by atoms with Gasteiger partial charge in [-0.3, -0.25) is 0 Å². The molecule has 2 rings (SSSR count). The Morgan fingerprint density at radius 1 is 1.13 bits per heavy atom. The summed E-state index contributed by atoms with van der Waals surface area (Å²) >= 11 is 0. The molecule has 0 unspecified atom stereocenters. The molecule has 2 bridgehead atoms. The van der Waals surface area contributed by atoms with Crippen LogP contribution in [0.2, 0.25) is 0 Å². The van der Waals surface area contributed by atoms with E-state index in [0.717, 1.165) is 19.3 Å². The van der Waals surface area contributed by atoms with Crippen molar-refractivity contribution in [3.8, 4) is 0 Å². The SMILES string of the molecule is CC[C@]1(O)C[C@]2(C)CCCC[C@](O)(C1)O2. The van der Waals surface area contributed by atoms with Gasteiger partial charge in [-0.1, -0.05) is 13.3 Å². The maximum absolute atomic E-state index is 10.4. The molecular weight excluding hydrogens is 192 g/mol. The van der Waals surface area contributed by atoms with E-state index in [-0.39, 0.29) is 5.60 Å². The van der Waals surface area contributed by atoms with Crippen molar-refractivity contribution in [1.82, 2.24) is 0 Å². The van der Waals surface area contributed by atoms with Crippen molar-refractivity contribution in [2.45, 2.75) is 75.8 Å². The molecule has 3 nitrogen and oxygen atoms in total. The summed E-state index contributed by atoms with van der Waals surface area (Å²) in [7, 11) is 0. The highest BCUT2D eigenvalue weighted by Gasteiger charge is 2.52. The molecule has 2 fully saturated rings. The highest BCUT2D eigenvalue weighted by Crippen LogP contribution is 2.47. The van der Waals surface area contributed by atoms with Gasteiger partial charge in [0.05, 0.1) is 11.2 Å². The molecule has 0 radical (unpaired) electrons. The van der Waals surface area contributed by atoms with Crippen molar-refractivity contribution in [2.24, 2.45) is 0 Å². The van der Waals surface area contributed by atoms with E-state index in [1.165, 1.54) is 0 Å². The highest BCUT2D eigenvalue weighted by molar-refractivity contribution is 4.99. The average Bonchev–Trinajstić information content (AvgIpc) is 2.21. The monoisotopic (exact) mass is 214 g/mol. The van der Waals surface area contributed by atoms with Gasteiger partial charge in [0.15, 0.2) is 5.79 Å². The Labute approximate surface area is 91.4 Å². The van der Waals surface area contributed by atoms with Crippen molar-refractivity contribution in [1.29, 1.82) is 0 Å². The minimum atomic E-state index is -1.09. The van der Waals surface area contributed by atoms with E-state index in [1.54, 1.807) is 0 Å². The second kappa shape index (κ2) is 3.44. The first kappa shape index (κ1) is 11.4. The maximum atomic E-state index is 10.4. The van der Waals surface area contributed by atoms with Crippen LogP contribution < -0.4 is 0 Å². The third-order valence-electron chi connectivity index (χ3n) is 3.93. The second-order valence-electron chi connectivity index (χ2n) is 5.64. The summed E-state index contributed by atoms with van der Waals surface area (Å²) in [6.07, 6.45) is 5.38. The predicted molar refractivity (Wildman–Crippen MR) is 57.4 cm³/mol. The number of fused-ring (bicyclic) bond motifs is 2. The maximum Gasteiger partial charge on any atom is 0.168 e. The average molecular weight is 214 g/mol. The fraction of sp³-hybridized carbons (Fsp3) is 1.00. The lowest BCUT2D eigenvalue weighted by Crippen LogP contribution is -2.56. The van der Waals surface area contributed by atoms with Crippen LogP contribution >= 0.6 is 0 Å². The van der Waals surface area contributed by atoms with Gasteiger partial charge in [0.2, 0.25) is 0 Å². The fourth-order valence-corrected chi connectivity index (χ4v) is 3.23. The Bertz CT molecular complexity index is 233. The molecule has 88 valence electrons. The van der Waals surface area contributed by atoms with Crippen LogP contribution in [0.5, 0.6) is 0 Å². The van der Waals surface area contributed by atoms with E-state index in [2.05, 4.69) is 0 Å². The van der Waals surface area contributed by atoms with Gasteiger partial charge in [0.1, 0.15) is 0 Å². The minimum absolute atomic E-state index is 0.339. The van der Waals surface area contributed by atoms with Crippen molar-refractivity contribution >= 4 is 0 Å². The molecule has 0 saturated carbocycles. The molecule has 2 saturated heterocycles. The zero-order valence-corrected chi connectivity index (χ0v) is 9.75. The number of rotatable bonds is 1. The lowest BCUT2D eigenvalue weighted by atomic mass is 9.77. The first-order valence-electron chi connectivity index (χ1n) is 6.04. The molecule has 0 aliphatic carbocycles. The molecule has 0 aromatic carbocycles. The van der Waals surface area contributed by atoms with Gasteiger partial charge < -0.3 is 14.9 Å². The molecule has 3 atom stereocenters. The van der Waals surface area contributed by atoms with Gasteiger partial charge in [0.25, 0.3) is 0 Å². The van der Waals surface area contributed by atoms with Crippen LogP contribution in [0.4, 0.5) is 0 Å². The Morgan fingerprint density at radius 2 is 1.80 bits per heavy atom. The molecule has 3 heteroatoms. The summed E-state index contributed by atoms with van der Waals surface area (Å²) in [5.41, 5.74) is -1.08. The fourth-order valence-electron chi connectivity index (χ4n) is 3.23. The van der Waals surface area contributed by atoms with Crippen molar-refractivity contribution in [3.63, 3.8) is 0 Å².